The van der Waals surface area contributed by atoms with Gasteiger partial charge in [0.2, 0.25) is 11.7 Å². The molecule has 0 aliphatic heterocycles. The SMILES string of the molecule is Cc1cc(C)c2cc(-c3noc(CCC(=O)O)n3)c(=O)[nH]c2c1. The van der Waals surface area contributed by atoms with Crippen LogP contribution in [-0.4, -0.2) is 26.2 Å². The van der Waals surface area contributed by atoms with E-state index in [1.807, 2.05) is 26.0 Å². The first-order valence-electron chi connectivity index (χ1n) is 7.13. The molecule has 118 valence electrons. The van der Waals surface area contributed by atoms with Crippen molar-refractivity contribution < 1.29 is 14.4 Å². The molecule has 2 aromatic heterocycles. The number of aliphatic carboxylic acids is 1. The maximum atomic E-state index is 12.3. The van der Waals surface area contributed by atoms with E-state index in [9.17, 15) is 9.59 Å². The van der Waals surface area contributed by atoms with Gasteiger partial charge in [-0.3, -0.25) is 9.59 Å². The number of carboxylic acids is 1. The number of H-pyrrole nitrogens is 1. The number of pyridine rings is 1. The first kappa shape index (κ1) is 15.0. The number of benzene rings is 1. The fourth-order valence-corrected chi connectivity index (χ4v) is 2.52. The minimum Gasteiger partial charge on any atom is -0.481 e. The number of carboxylic acid groups (broad SMARTS) is 1. The Balaban J connectivity index is 2.04. The average molecular weight is 313 g/mol. The second-order valence-electron chi connectivity index (χ2n) is 5.46. The largest absolute Gasteiger partial charge is 0.481 e. The Bertz CT molecular complexity index is 956. The summed E-state index contributed by atoms with van der Waals surface area (Å²) in [7, 11) is 0. The summed E-state index contributed by atoms with van der Waals surface area (Å²) in [5.74, 6) is -0.588. The Morgan fingerprint density at radius 1 is 1.30 bits per heavy atom. The van der Waals surface area contributed by atoms with Crippen molar-refractivity contribution in [1.82, 2.24) is 15.1 Å². The quantitative estimate of drug-likeness (QED) is 0.764. The molecule has 2 heterocycles. The lowest BCUT2D eigenvalue weighted by atomic mass is 10.0. The average Bonchev–Trinajstić information content (AvgIpc) is 2.92. The summed E-state index contributed by atoms with van der Waals surface area (Å²) < 4.78 is 5.01. The topological polar surface area (TPSA) is 109 Å². The van der Waals surface area contributed by atoms with Gasteiger partial charge in [-0.05, 0) is 37.1 Å². The molecule has 0 aliphatic carbocycles. The van der Waals surface area contributed by atoms with Gasteiger partial charge in [0.15, 0.2) is 0 Å². The van der Waals surface area contributed by atoms with Gasteiger partial charge in [0.05, 0.1) is 12.0 Å². The second kappa shape index (κ2) is 5.68. The number of aromatic nitrogens is 3. The zero-order valence-corrected chi connectivity index (χ0v) is 12.7. The van der Waals surface area contributed by atoms with E-state index in [1.54, 1.807) is 6.07 Å². The van der Waals surface area contributed by atoms with Crippen LogP contribution in [0.3, 0.4) is 0 Å². The van der Waals surface area contributed by atoms with E-state index < -0.39 is 5.97 Å². The van der Waals surface area contributed by atoms with Gasteiger partial charge in [-0.2, -0.15) is 4.98 Å². The molecule has 0 atom stereocenters. The lowest BCUT2D eigenvalue weighted by Gasteiger charge is -2.05. The molecule has 2 N–H and O–H groups in total. The fourth-order valence-electron chi connectivity index (χ4n) is 2.52. The number of carbonyl (C=O) groups is 1. The van der Waals surface area contributed by atoms with Crippen LogP contribution >= 0.6 is 0 Å². The highest BCUT2D eigenvalue weighted by Crippen LogP contribution is 2.22. The van der Waals surface area contributed by atoms with Gasteiger partial charge in [-0.1, -0.05) is 11.2 Å². The number of hydrogen-bond donors (Lipinski definition) is 2. The molecule has 0 spiro atoms. The first-order chi connectivity index (χ1) is 10.9. The minimum atomic E-state index is -0.945. The zero-order valence-electron chi connectivity index (χ0n) is 12.7. The van der Waals surface area contributed by atoms with Crippen LogP contribution in [0.2, 0.25) is 0 Å². The van der Waals surface area contributed by atoms with Gasteiger partial charge < -0.3 is 14.6 Å². The fraction of sp³-hybridized carbons (Fsp3) is 0.250. The Morgan fingerprint density at radius 3 is 2.83 bits per heavy atom. The van der Waals surface area contributed by atoms with Crippen molar-refractivity contribution in [3.63, 3.8) is 0 Å². The monoisotopic (exact) mass is 313 g/mol. The molecule has 0 saturated carbocycles. The maximum absolute atomic E-state index is 12.3. The summed E-state index contributed by atoms with van der Waals surface area (Å²) in [6, 6.07) is 5.66. The summed E-state index contributed by atoms with van der Waals surface area (Å²) in [5.41, 5.74) is 2.84. The Morgan fingerprint density at radius 2 is 2.09 bits per heavy atom. The predicted octanol–water partition coefficient (Wildman–Crippen LogP) is 2.21. The summed E-state index contributed by atoms with van der Waals surface area (Å²) in [6.07, 6.45) is 0.0279. The molecule has 0 amide bonds. The molecule has 23 heavy (non-hydrogen) atoms. The Kier molecular flexibility index (Phi) is 3.69. The molecule has 3 aromatic rings. The van der Waals surface area contributed by atoms with Crippen molar-refractivity contribution in [2.75, 3.05) is 0 Å². The van der Waals surface area contributed by atoms with Crippen molar-refractivity contribution in [1.29, 1.82) is 0 Å². The number of aromatic amines is 1. The Labute approximate surface area is 131 Å². The van der Waals surface area contributed by atoms with Crippen LogP contribution in [0, 0.1) is 13.8 Å². The molecule has 0 radical (unpaired) electrons. The highest BCUT2D eigenvalue weighted by molar-refractivity contribution is 5.86. The first-order valence-corrected chi connectivity index (χ1v) is 7.13. The summed E-state index contributed by atoms with van der Waals surface area (Å²) in [5, 5.41) is 13.4. The number of nitrogens with zero attached hydrogens (tertiary/aromatic N) is 2. The van der Waals surface area contributed by atoms with Crippen molar-refractivity contribution in [3.05, 3.63) is 45.6 Å². The van der Waals surface area contributed by atoms with E-state index in [0.29, 0.717) is 5.56 Å². The molecular weight excluding hydrogens is 298 g/mol. The smallest absolute Gasteiger partial charge is 0.303 e. The lowest BCUT2D eigenvalue weighted by Crippen LogP contribution is -2.10. The Hall–Kier alpha value is -2.96. The van der Waals surface area contributed by atoms with E-state index in [0.717, 1.165) is 22.0 Å². The van der Waals surface area contributed by atoms with Gasteiger partial charge in [0.25, 0.3) is 5.56 Å². The van der Waals surface area contributed by atoms with Crippen LogP contribution in [0.5, 0.6) is 0 Å². The molecule has 7 heteroatoms. The van der Waals surface area contributed by atoms with Crippen molar-refractivity contribution in [2.24, 2.45) is 0 Å². The molecule has 3 rings (SSSR count). The normalized spacial score (nSPS) is 11.0. The van der Waals surface area contributed by atoms with Gasteiger partial charge in [0, 0.05) is 17.3 Å². The molecule has 0 unspecified atom stereocenters. The van der Waals surface area contributed by atoms with Crippen LogP contribution in [0.1, 0.15) is 23.4 Å². The highest BCUT2D eigenvalue weighted by Gasteiger charge is 2.14. The van der Waals surface area contributed by atoms with E-state index in [4.69, 9.17) is 9.63 Å². The van der Waals surface area contributed by atoms with E-state index in [1.165, 1.54) is 0 Å². The molecule has 0 aliphatic rings. The third-order valence-corrected chi connectivity index (χ3v) is 3.57. The van der Waals surface area contributed by atoms with Crippen molar-refractivity contribution in [3.8, 4) is 11.4 Å². The number of nitrogens with one attached hydrogen (secondary N) is 1. The number of hydrogen-bond acceptors (Lipinski definition) is 5. The minimum absolute atomic E-state index is 0.103. The number of aryl methyl sites for hydroxylation is 3. The third-order valence-electron chi connectivity index (χ3n) is 3.57. The number of rotatable bonds is 4. The lowest BCUT2D eigenvalue weighted by molar-refractivity contribution is -0.137. The molecular formula is C16H15N3O4. The summed E-state index contributed by atoms with van der Waals surface area (Å²) in [6.45, 7) is 3.93. The van der Waals surface area contributed by atoms with Crippen LogP contribution < -0.4 is 5.56 Å². The third kappa shape index (κ3) is 2.98. The van der Waals surface area contributed by atoms with Gasteiger partial charge in [0.1, 0.15) is 0 Å². The van der Waals surface area contributed by atoms with Gasteiger partial charge in [-0.15, -0.1) is 0 Å². The van der Waals surface area contributed by atoms with Gasteiger partial charge >= 0.3 is 5.97 Å². The van der Waals surface area contributed by atoms with Crippen LogP contribution in [-0.2, 0) is 11.2 Å². The van der Waals surface area contributed by atoms with Crippen molar-refractivity contribution in [2.45, 2.75) is 26.7 Å². The predicted molar refractivity (Wildman–Crippen MR) is 83.3 cm³/mol. The van der Waals surface area contributed by atoms with Crippen LogP contribution in [0.25, 0.3) is 22.3 Å². The standard InChI is InChI=1S/C16H15N3O4/c1-8-5-9(2)10-7-11(16(22)17-12(10)6-8)15-18-13(23-19-15)3-4-14(20)21/h5-7H,3-4H2,1-2H3,(H,17,22)(H,20,21). The number of fused-ring (bicyclic) bond motifs is 1. The molecule has 0 saturated heterocycles. The van der Waals surface area contributed by atoms with E-state index in [-0.39, 0.29) is 30.1 Å². The van der Waals surface area contributed by atoms with E-state index >= 15 is 0 Å². The van der Waals surface area contributed by atoms with Crippen LogP contribution in [0.4, 0.5) is 0 Å². The molecule has 0 bridgehead atoms. The molecule has 0 fully saturated rings. The van der Waals surface area contributed by atoms with Crippen molar-refractivity contribution >= 4 is 16.9 Å². The van der Waals surface area contributed by atoms with E-state index in [2.05, 4.69) is 15.1 Å². The molecule has 1 aromatic carbocycles. The van der Waals surface area contributed by atoms with Crippen LogP contribution in [0.15, 0.2) is 27.5 Å². The molecule has 7 nitrogen and oxygen atoms in total. The summed E-state index contributed by atoms with van der Waals surface area (Å²) in [4.78, 5) is 29.8. The zero-order chi connectivity index (χ0) is 16.6. The second-order valence-corrected chi connectivity index (χ2v) is 5.46. The maximum Gasteiger partial charge on any atom is 0.303 e. The summed E-state index contributed by atoms with van der Waals surface area (Å²) >= 11 is 0. The highest BCUT2D eigenvalue weighted by atomic mass is 16.5. The van der Waals surface area contributed by atoms with Gasteiger partial charge in [-0.25, -0.2) is 0 Å².